The zero-order chi connectivity index (χ0) is 21.7. The Labute approximate surface area is 170 Å². The molecule has 10 nitrogen and oxygen atoms in total. The van der Waals surface area contributed by atoms with E-state index in [0.717, 1.165) is 13.3 Å². The molecule has 10 heteroatoms. The van der Waals surface area contributed by atoms with E-state index in [1.165, 1.54) is 12.4 Å². The quantitative estimate of drug-likeness (QED) is 0.494. The molecule has 2 aromatic heterocycles. The molecule has 154 valence electrons. The number of aromatic amines is 1. The second-order valence-corrected chi connectivity index (χ2v) is 6.21. The van der Waals surface area contributed by atoms with Gasteiger partial charge in [-0.05, 0) is 23.8 Å². The molecule has 0 radical (unpaired) electrons. The Morgan fingerprint density at radius 1 is 1.23 bits per heavy atom. The smallest absolute Gasteiger partial charge is 0.343 e. The molecule has 0 aliphatic rings. The van der Waals surface area contributed by atoms with E-state index in [1.807, 2.05) is 0 Å². The van der Waals surface area contributed by atoms with Crippen molar-refractivity contribution in [2.75, 3.05) is 7.11 Å². The number of ether oxygens (including phenoxy) is 2. The van der Waals surface area contributed by atoms with E-state index in [1.54, 1.807) is 30.3 Å². The second-order valence-electron chi connectivity index (χ2n) is 6.21. The lowest BCUT2D eigenvalue weighted by Crippen LogP contribution is -2.23. The van der Waals surface area contributed by atoms with Gasteiger partial charge in [0.2, 0.25) is 5.91 Å². The lowest BCUT2D eigenvalue weighted by molar-refractivity contribution is -0.118. The van der Waals surface area contributed by atoms with Crippen LogP contribution in [0.15, 0.2) is 53.7 Å². The van der Waals surface area contributed by atoms with E-state index in [-0.39, 0.29) is 23.6 Å². The molecule has 4 N–H and O–H groups in total. The zero-order valence-corrected chi connectivity index (χ0v) is 15.9. The molecule has 2 heterocycles. The predicted molar refractivity (Wildman–Crippen MR) is 104 cm³/mol. The normalized spacial score (nSPS) is 11.5. The Bertz CT molecular complexity index is 1130. The number of benzene rings is 1. The van der Waals surface area contributed by atoms with Gasteiger partial charge < -0.3 is 25.3 Å². The number of esters is 1. The molecule has 0 unspecified atom stereocenters. The third kappa shape index (κ3) is 4.43. The van der Waals surface area contributed by atoms with Crippen molar-refractivity contribution < 1.29 is 24.2 Å². The van der Waals surface area contributed by atoms with Crippen molar-refractivity contribution in [2.24, 2.45) is 5.73 Å². The molecule has 3 aromatic rings. The van der Waals surface area contributed by atoms with Crippen LogP contribution in [0.4, 0.5) is 0 Å². The summed E-state index contributed by atoms with van der Waals surface area (Å²) < 4.78 is 10.2. The van der Waals surface area contributed by atoms with Crippen LogP contribution in [0.1, 0.15) is 33.8 Å². The van der Waals surface area contributed by atoms with Gasteiger partial charge in [0, 0.05) is 30.9 Å². The van der Waals surface area contributed by atoms with Crippen LogP contribution in [0.5, 0.6) is 17.5 Å². The van der Waals surface area contributed by atoms with E-state index in [2.05, 4.69) is 19.7 Å². The van der Waals surface area contributed by atoms with Crippen molar-refractivity contribution in [3.05, 3.63) is 76.0 Å². The summed E-state index contributed by atoms with van der Waals surface area (Å²) >= 11 is 0. The number of aromatic nitrogens is 3. The molecule has 0 saturated carbocycles. The lowest BCUT2D eigenvalue weighted by Gasteiger charge is -2.18. The van der Waals surface area contributed by atoms with Crippen molar-refractivity contribution in [3.63, 3.8) is 0 Å². The molecule has 0 spiro atoms. The Kier molecular flexibility index (Phi) is 6.06. The van der Waals surface area contributed by atoms with E-state index < -0.39 is 29.1 Å². The van der Waals surface area contributed by atoms with Crippen LogP contribution in [-0.4, -0.2) is 39.0 Å². The van der Waals surface area contributed by atoms with Crippen LogP contribution in [0.2, 0.25) is 0 Å². The molecule has 0 bridgehead atoms. The fourth-order valence-electron chi connectivity index (χ4n) is 2.95. The highest BCUT2D eigenvalue weighted by atomic mass is 16.5. The Hall–Kier alpha value is -4.21. The predicted octanol–water partition coefficient (Wildman–Crippen LogP) is 1.46. The van der Waals surface area contributed by atoms with Gasteiger partial charge in [-0.25, -0.2) is 14.8 Å². The Morgan fingerprint density at radius 2 is 1.97 bits per heavy atom. The molecule has 1 aromatic carbocycles. The number of nitrogens with two attached hydrogens (primary N) is 1. The average Bonchev–Trinajstić information content (AvgIpc) is 2.73. The van der Waals surface area contributed by atoms with Gasteiger partial charge in [0.05, 0.1) is 12.7 Å². The maximum absolute atomic E-state index is 12.5. The van der Waals surface area contributed by atoms with Gasteiger partial charge in [0.15, 0.2) is 0 Å². The molecule has 3 rings (SSSR count). The molecule has 0 aliphatic carbocycles. The van der Waals surface area contributed by atoms with Gasteiger partial charge in [-0.15, -0.1) is 0 Å². The van der Waals surface area contributed by atoms with Crippen LogP contribution in [0, 0.1) is 0 Å². The highest BCUT2D eigenvalue weighted by molar-refractivity contribution is 5.92. The number of carbonyl (C=O) groups is 2. The number of H-pyrrole nitrogens is 1. The van der Waals surface area contributed by atoms with Crippen molar-refractivity contribution in [2.45, 2.75) is 12.3 Å². The van der Waals surface area contributed by atoms with Gasteiger partial charge in [0.1, 0.15) is 17.1 Å². The van der Waals surface area contributed by atoms with Gasteiger partial charge in [0.25, 0.3) is 5.56 Å². The van der Waals surface area contributed by atoms with Crippen LogP contribution >= 0.6 is 0 Å². The number of hydrogen-bond donors (Lipinski definition) is 3. The van der Waals surface area contributed by atoms with Gasteiger partial charge in [-0.3, -0.25) is 9.59 Å². The van der Waals surface area contributed by atoms with Crippen LogP contribution in [0.25, 0.3) is 0 Å². The molecule has 0 aliphatic heterocycles. The van der Waals surface area contributed by atoms with Crippen LogP contribution in [0.3, 0.4) is 0 Å². The summed E-state index contributed by atoms with van der Waals surface area (Å²) in [5, 5.41) is 10.6. The van der Waals surface area contributed by atoms with E-state index in [0.29, 0.717) is 11.3 Å². The maximum atomic E-state index is 12.5. The van der Waals surface area contributed by atoms with Crippen molar-refractivity contribution in [3.8, 4) is 17.5 Å². The third-order valence-corrected chi connectivity index (χ3v) is 4.27. The monoisotopic (exact) mass is 410 g/mol. The number of amides is 1. The first-order valence-corrected chi connectivity index (χ1v) is 8.76. The zero-order valence-electron chi connectivity index (χ0n) is 15.9. The third-order valence-electron chi connectivity index (χ3n) is 4.27. The number of hydrogen-bond acceptors (Lipinski definition) is 8. The summed E-state index contributed by atoms with van der Waals surface area (Å²) in [6.07, 6.45) is 3.77. The van der Waals surface area contributed by atoms with Crippen LogP contribution in [-0.2, 0) is 9.53 Å². The van der Waals surface area contributed by atoms with Gasteiger partial charge in [-0.2, -0.15) is 0 Å². The average molecular weight is 410 g/mol. The van der Waals surface area contributed by atoms with Gasteiger partial charge >= 0.3 is 12.0 Å². The van der Waals surface area contributed by atoms with Crippen LogP contribution < -0.4 is 16.0 Å². The first-order valence-electron chi connectivity index (χ1n) is 8.76. The molecule has 0 saturated heterocycles. The summed E-state index contributed by atoms with van der Waals surface area (Å²) in [4.78, 5) is 46.4. The van der Waals surface area contributed by atoms with E-state index in [9.17, 15) is 19.5 Å². The largest absolute Gasteiger partial charge is 0.506 e. The van der Waals surface area contributed by atoms with Gasteiger partial charge in [-0.1, -0.05) is 12.1 Å². The van der Waals surface area contributed by atoms with Crippen molar-refractivity contribution in [1.82, 2.24) is 15.0 Å². The fraction of sp³-hybridized carbons (Fsp3) is 0.150. The number of rotatable bonds is 7. The summed E-state index contributed by atoms with van der Waals surface area (Å²) in [6.45, 7) is 0. The van der Waals surface area contributed by atoms with E-state index in [4.69, 9.17) is 10.5 Å². The fourth-order valence-corrected chi connectivity index (χ4v) is 2.95. The topological polar surface area (TPSA) is 157 Å². The van der Waals surface area contributed by atoms with Crippen molar-refractivity contribution >= 4 is 11.9 Å². The Balaban J connectivity index is 2.08. The summed E-state index contributed by atoms with van der Waals surface area (Å²) in [7, 11) is 1.14. The summed E-state index contributed by atoms with van der Waals surface area (Å²) in [5.74, 6) is -2.75. The molecule has 1 amide bonds. The van der Waals surface area contributed by atoms with E-state index >= 15 is 0 Å². The minimum absolute atomic E-state index is 0.106. The maximum Gasteiger partial charge on any atom is 0.343 e. The first kappa shape index (κ1) is 20.5. The number of carbonyl (C=O) groups excluding carboxylic acids is 2. The minimum atomic E-state index is -0.948. The summed E-state index contributed by atoms with van der Waals surface area (Å²) in [6, 6.07) is 8.21. The highest BCUT2D eigenvalue weighted by Gasteiger charge is 2.27. The molecular weight excluding hydrogens is 392 g/mol. The number of methoxy groups -OCH3 is 1. The SMILES string of the molecule is COC(=O)c1c[nH]c(=O)c([C@@H](CC(N)=O)c2cccc(Oc3ncccn3)c2)c1O. The highest BCUT2D eigenvalue weighted by Crippen LogP contribution is 2.35. The molecule has 1 atom stereocenters. The lowest BCUT2D eigenvalue weighted by atomic mass is 9.87. The number of primary amides is 1. The Morgan fingerprint density at radius 3 is 2.63 bits per heavy atom. The van der Waals surface area contributed by atoms with Crippen molar-refractivity contribution in [1.29, 1.82) is 0 Å². The number of nitrogens with zero attached hydrogens (tertiary/aromatic N) is 2. The first-order chi connectivity index (χ1) is 14.4. The molecule has 0 fully saturated rings. The summed E-state index contributed by atoms with van der Waals surface area (Å²) in [5.41, 5.74) is 4.72. The second kappa shape index (κ2) is 8.86. The number of aromatic hydroxyl groups is 1. The minimum Gasteiger partial charge on any atom is -0.506 e. The molecule has 30 heavy (non-hydrogen) atoms. The number of pyridine rings is 1. The number of nitrogens with one attached hydrogen (secondary N) is 1. The molecular formula is C20H18N4O6. The standard InChI is InChI=1S/C20H18N4O6/c1-29-19(28)14-10-24-18(27)16(17(14)26)13(9-15(21)25)11-4-2-5-12(8-11)30-20-22-6-3-7-23-20/h2-8,10,13H,9H2,1H3,(H2,21,25)(H2,24,26,27)/t13-/m0/s1.